The van der Waals surface area contributed by atoms with Crippen molar-refractivity contribution in [3.63, 3.8) is 0 Å². The van der Waals surface area contributed by atoms with Crippen molar-refractivity contribution >= 4 is 49.9 Å². The molecular weight excluding hydrogens is 494 g/mol. The molecule has 18 heteroatoms. The van der Waals surface area contributed by atoms with Crippen molar-refractivity contribution in [1.29, 1.82) is 0 Å². The van der Waals surface area contributed by atoms with Crippen molar-refractivity contribution in [2.75, 3.05) is 11.8 Å². The molecule has 0 aliphatic heterocycles. The maximum atomic E-state index is 12.6. The summed E-state index contributed by atoms with van der Waals surface area (Å²) in [4.78, 5) is 59.4. The number of carboxylic acids is 2. The Morgan fingerprint density at radius 2 is 1.18 bits per heavy atom. The van der Waals surface area contributed by atoms with Gasteiger partial charge in [-0.1, -0.05) is 0 Å². The van der Waals surface area contributed by atoms with Crippen LogP contribution in [0.1, 0.15) is 25.7 Å². The monoisotopic (exact) mass is 517 g/mol. The maximum Gasteiger partial charge on any atom is 0.306 e. The minimum atomic E-state index is -4.68. The highest BCUT2D eigenvalue weighted by Crippen LogP contribution is 2.34. The Labute approximate surface area is 187 Å². The molecule has 1 fully saturated rings. The van der Waals surface area contributed by atoms with Crippen LogP contribution in [0.2, 0.25) is 0 Å². The summed E-state index contributed by atoms with van der Waals surface area (Å²) in [6.07, 6.45) is -1.68. The summed E-state index contributed by atoms with van der Waals surface area (Å²) in [5.74, 6) is -12.1. The molecule has 3 amide bonds. The smallest absolute Gasteiger partial charge is 0.306 e. The first-order chi connectivity index (χ1) is 15.0. The summed E-state index contributed by atoms with van der Waals surface area (Å²) < 4.78 is 60.5. The summed E-state index contributed by atoms with van der Waals surface area (Å²) in [5.41, 5.74) is 0. The van der Waals surface area contributed by atoms with Crippen LogP contribution in [0.5, 0.6) is 0 Å². The fraction of sp³-hybridized carbons (Fsp3) is 0.667. The van der Waals surface area contributed by atoms with E-state index in [4.69, 9.17) is 9.11 Å². The fourth-order valence-corrected chi connectivity index (χ4v) is 3.82. The van der Waals surface area contributed by atoms with E-state index in [0.717, 1.165) is 0 Å². The zero-order valence-electron chi connectivity index (χ0n) is 16.8. The van der Waals surface area contributed by atoms with Crippen LogP contribution < -0.4 is 16.0 Å². The number of carbonyl (C=O) groups is 5. The molecule has 4 atom stereocenters. The van der Waals surface area contributed by atoms with Gasteiger partial charge >= 0.3 is 11.9 Å². The zero-order chi connectivity index (χ0) is 25.6. The number of carbonyl (C=O) groups excluding carboxylic acids is 3. The van der Waals surface area contributed by atoms with Gasteiger partial charge in [0.15, 0.2) is 0 Å². The molecule has 2 unspecified atom stereocenters. The molecule has 1 aliphatic carbocycles. The quantitative estimate of drug-likeness (QED) is 0.135. The van der Waals surface area contributed by atoms with E-state index in [1.54, 1.807) is 10.6 Å². The second kappa shape index (κ2) is 11.3. The Morgan fingerprint density at radius 3 is 1.61 bits per heavy atom. The van der Waals surface area contributed by atoms with E-state index in [2.05, 4.69) is 5.32 Å². The Bertz CT molecular complexity index is 986. The van der Waals surface area contributed by atoms with Crippen LogP contribution in [0.15, 0.2) is 0 Å². The highest BCUT2D eigenvalue weighted by Gasteiger charge is 2.40. The Kier molecular flexibility index (Phi) is 9.70. The van der Waals surface area contributed by atoms with Crippen molar-refractivity contribution in [1.82, 2.24) is 16.0 Å². The molecule has 16 nitrogen and oxygen atoms in total. The molecule has 0 heterocycles. The first-order valence-corrected chi connectivity index (χ1v) is 12.4. The van der Waals surface area contributed by atoms with Crippen molar-refractivity contribution in [3.05, 3.63) is 0 Å². The second-order valence-electron chi connectivity index (χ2n) is 7.33. The van der Waals surface area contributed by atoms with E-state index >= 15 is 0 Å². The number of rotatable bonds is 11. The van der Waals surface area contributed by atoms with Crippen LogP contribution in [-0.4, -0.2) is 83.6 Å². The molecule has 0 radical (unpaired) electrons. The third-order valence-corrected chi connectivity index (χ3v) is 5.70. The van der Waals surface area contributed by atoms with Crippen LogP contribution in [0.4, 0.5) is 0 Å². The van der Waals surface area contributed by atoms with E-state index in [1.165, 1.54) is 0 Å². The summed E-state index contributed by atoms with van der Waals surface area (Å²) >= 11 is 0. The second-order valence-corrected chi connectivity index (χ2v) is 10.2. The van der Waals surface area contributed by atoms with Crippen molar-refractivity contribution in [2.24, 2.45) is 17.8 Å². The minimum absolute atomic E-state index is 0.217. The molecule has 1 aliphatic rings. The molecule has 1 rings (SSSR count). The van der Waals surface area contributed by atoms with E-state index in [-0.39, 0.29) is 19.3 Å². The van der Waals surface area contributed by atoms with E-state index < -0.39 is 91.9 Å². The molecule has 1 saturated carbocycles. The predicted molar refractivity (Wildman–Crippen MR) is 105 cm³/mol. The number of nitrogens with one attached hydrogen (secondary N) is 3. The lowest BCUT2D eigenvalue weighted by molar-refractivity contribution is -0.150. The van der Waals surface area contributed by atoms with Crippen molar-refractivity contribution < 1.29 is 60.1 Å². The summed E-state index contributed by atoms with van der Waals surface area (Å²) in [5, 5.41) is 24.0. The van der Waals surface area contributed by atoms with Crippen LogP contribution in [0.3, 0.4) is 0 Å². The van der Waals surface area contributed by atoms with Gasteiger partial charge in [0.2, 0.25) is 17.7 Å². The zero-order valence-corrected chi connectivity index (χ0v) is 18.5. The first kappa shape index (κ1) is 28.2. The van der Waals surface area contributed by atoms with E-state index in [0.29, 0.717) is 0 Å². The lowest BCUT2D eigenvalue weighted by Gasteiger charge is -2.31. The molecule has 7 N–H and O–H groups in total. The number of amides is 3. The Balaban J connectivity index is 3.00. The fourth-order valence-electron chi connectivity index (χ4n) is 3.15. The van der Waals surface area contributed by atoms with E-state index in [1.807, 2.05) is 0 Å². The van der Waals surface area contributed by atoms with Gasteiger partial charge in [0, 0.05) is 5.92 Å². The lowest BCUT2D eigenvalue weighted by Crippen LogP contribution is -2.52. The van der Waals surface area contributed by atoms with Crippen LogP contribution >= 0.6 is 0 Å². The van der Waals surface area contributed by atoms with Gasteiger partial charge in [-0.15, -0.1) is 0 Å². The van der Waals surface area contributed by atoms with Gasteiger partial charge in [0.05, 0.1) is 18.3 Å². The molecule has 33 heavy (non-hydrogen) atoms. The third kappa shape index (κ3) is 10.6. The number of hydrogen-bond donors (Lipinski definition) is 7. The average Bonchev–Trinajstić information content (AvgIpc) is 2.68. The normalized spacial score (nSPS) is 21.9. The molecule has 0 bridgehead atoms. The predicted octanol–water partition coefficient (Wildman–Crippen LogP) is -3.01. The maximum absolute atomic E-state index is 12.6. The Morgan fingerprint density at radius 1 is 0.758 bits per heavy atom. The van der Waals surface area contributed by atoms with Gasteiger partial charge in [0.1, 0.15) is 17.8 Å². The molecule has 0 spiro atoms. The molecule has 0 saturated heterocycles. The largest absolute Gasteiger partial charge is 0.481 e. The standard InChI is InChI=1S/C15H23N3O13S2/c19-11(16-5-32(26,27)28)4-10(13(21)17-6-33(29,30)31)18-12(20)7-1-8(14(22)23)3-9(2-7)15(24)25/h7-10H,1-6H2,(H,16,19)(H,17,21)(H,18,20)(H,22,23)(H,24,25)(H,26,27,28)(H,29,30,31)/t7?,8-,9+,10?. The summed E-state index contributed by atoms with van der Waals surface area (Å²) in [6, 6.07) is -1.81. The van der Waals surface area contributed by atoms with Gasteiger partial charge in [-0.3, -0.25) is 33.1 Å². The van der Waals surface area contributed by atoms with Gasteiger partial charge < -0.3 is 26.2 Å². The van der Waals surface area contributed by atoms with Crippen LogP contribution in [0, 0.1) is 17.8 Å². The molecular formula is C15H23N3O13S2. The van der Waals surface area contributed by atoms with Gasteiger partial charge in [-0.25, -0.2) is 0 Å². The highest BCUT2D eigenvalue weighted by atomic mass is 32.2. The lowest BCUT2D eigenvalue weighted by atomic mass is 9.74. The molecule has 188 valence electrons. The highest BCUT2D eigenvalue weighted by molar-refractivity contribution is 7.86. The third-order valence-electron chi connectivity index (χ3n) is 4.68. The SMILES string of the molecule is O=C(CC(NC(=O)C1C[C@@H](C(=O)O)C[C@@H](C(=O)O)C1)C(=O)NCS(=O)(=O)O)NCS(=O)(=O)O. The van der Waals surface area contributed by atoms with Gasteiger partial charge in [-0.2, -0.15) is 16.8 Å². The summed E-state index contributed by atoms with van der Waals surface area (Å²) in [6.45, 7) is 0. The molecule has 0 aromatic rings. The first-order valence-electron chi connectivity index (χ1n) is 9.19. The topological polar surface area (TPSA) is 271 Å². The van der Waals surface area contributed by atoms with Gasteiger partial charge in [0.25, 0.3) is 20.2 Å². The number of hydrogen-bond acceptors (Lipinski definition) is 9. The van der Waals surface area contributed by atoms with Crippen LogP contribution in [-0.2, 0) is 44.2 Å². The Hall–Kier alpha value is -2.83. The number of aliphatic carboxylic acids is 2. The van der Waals surface area contributed by atoms with Crippen LogP contribution in [0.25, 0.3) is 0 Å². The average molecular weight is 517 g/mol. The van der Waals surface area contributed by atoms with E-state index in [9.17, 15) is 51.0 Å². The molecule has 0 aromatic heterocycles. The molecule has 0 aromatic carbocycles. The minimum Gasteiger partial charge on any atom is -0.481 e. The number of carboxylic acid groups (broad SMARTS) is 2. The van der Waals surface area contributed by atoms with Crippen molar-refractivity contribution in [2.45, 2.75) is 31.7 Å². The summed E-state index contributed by atoms with van der Waals surface area (Å²) in [7, 11) is -9.30. The van der Waals surface area contributed by atoms with Gasteiger partial charge in [-0.05, 0) is 19.3 Å². The van der Waals surface area contributed by atoms with Crippen molar-refractivity contribution in [3.8, 4) is 0 Å².